The minimum Gasteiger partial charge on any atom is -0.481 e. The van der Waals surface area contributed by atoms with Gasteiger partial charge in [-0.2, -0.15) is 0 Å². The number of amides is 2. The second kappa shape index (κ2) is 10.9. The maximum absolute atomic E-state index is 13.2. The van der Waals surface area contributed by atoms with Crippen LogP contribution in [0.4, 0.5) is 11.4 Å². The molecule has 7 heteroatoms. The summed E-state index contributed by atoms with van der Waals surface area (Å²) in [7, 11) is 0. The number of aryl methyl sites for hydroxylation is 1. The molecule has 0 unspecified atom stereocenters. The minimum absolute atomic E-state index is 0.146. The van der Waals surface area contributed by atoms with Gasteiger partial charge >= 0.3 is 5.97 Å². The van der Waals surface area contributed by atoms with Crippen LogP contribution >= 0.6 is 0 Å². The van der Waals surface area contributed by atoms with Gasteiger partial charge in [-0.1, -0.05) is 60.2 Å². The predicted octanol–water partition coefficient (Wildman–Crippen LogP) is 4.21. The third kappa shape index (κ3) is 6.87. The molecule has 0 fully saturated rings. The van der Waals surface area contributed by atoms with Gasteiger partial charge in [0.15, 0.2) is 5.78 Å². The number of carbonyl (C=O) groups excluding carboxylic acids is 3. The van der Waals surface area contributed by atoms with E-state index in [1.54, 1.807) is 42.5 Å². The second-order valence-electron chi connectivity index (χ2n) is 7.61. The van der Waals surface area contributed by atoms with Gasteiger partial charge in [-0.25, -0.2) is 0 Å². The molecule has 33 heavy (non-hydrogen) atoms. The highest BCUT2D eigenvalue weighted by atomic mass is 16.4. The number of carboxylic acid groups (broad SMARTS) is 1. The lowest BCUT2D eigenvalue weighted by atomic mass is 10.0. The lowest BCUT2D eigenvalue weighted by Crippen LogP contribution is -2.18. The Bertz CT molecular complexity index is 1170. The highest BCUT2D eigenvalue weighted by Gasteiger charge is 2.17. The Hall–Kier alpha value is -4.26. The van der Waals surface area contributed by atoms with E-state index in [2.05, 4.69) is 10.6 Å². The van der Waals surface area contributed by atoms with Crippen LogP contribution in [0.2, 0.25) is 0 Å². The summed E-state index contributed by atoms with van der Waals surface area (Å²) in [4.78, 5) is 48.5. The van der Waals surface area contributed by atoms with E-state index in [1.165, 1.54) is 6.07 Å². The number of ketones is 1. The number of hydrogen-bond acceptors (Lipinski definition) is 4. The smallest absolute Gasteiger partial charge is 0.303 e. The van der Waals surface area contributed by atoms with Crippen molar-refractivity contribution in [2.45, 2.75) is 26.2 Å². The van der Waals surface area contributed by atoms with E-state index >= 15 is 0 Å². The summed E-state index contributed by atoms with van der Waals surface area (Å²) in [6.07, 6.45) is -0.339. The van der Waals surface area contributed by atoms with Crippen LogP contribution in [-0.4, -0.2) is 28.7 Å². The van der Waals surface area contributed by atoms with Crippen molar-refractivity contribution in [3.05, 3.63) is 95.1 Å². The maximum atomic E-state index is 13.2. The van der Waals surface area contributed by atoms with Crippen LogP contribution in [0.1, 0.15) is 39.9 Å². The number of anilines is 2. The van der Waals surface area contributed by atoms with Gasteiger partial charge in [0.2, 0.25) is 11.8 Å². The SMILES string of the molecule is Cc1ccc(CC(=O)Nc2ccc(NC(=O)CCC(=O)O)cc2C(=O)c2ccccc2)cc1. The third-order valence-corrected chi connectivity index (χ3v) is 4.91. The highest BCUT2D eigenvalue weighted by molar-refractivity contribution is 6.14. The van der Waals surface area contributed by atoms with Crippen molar-refractivity contribution in [1.82, 2.24) is 0 Å². The Labute approximate surface area is 191 Å². The summed E-state index contributed by atoms with van der Waals surface area (Å²) in [6, 6.07) is 20.8. The van der Waals surface area contributed by atoms with Gasteiger partial charge < -0.3 is 15.7 Å². The van der Waals surface area contributed by atoms with Crippen molar-refractivity contribution in [3.8, 4) is 0 Å². The molecule has 0 saturated heterocycles. The van der Waals surface area contributed by atoms with E-state index in [9.17, 15) is 19.2 Å². The molecule has 0 atom stereocenters. The van der Waals surface area contributed by atoms with Crippen molar-refractivity contribution >= 4 is 34.9 Å². The normalized spacial score (nSPS) is 10.3. The molecule has 0 radical (unpaired) electrons. The molecule has 3 aromatic carbocycles. The number of rotatable bonds is 9. The molecular formula is C26H24N2O5. The molecule has 0 saturated carbocycles. The van der Waals surface area contributed by atoms with Gasteiger partial charge in [-0.05, 0) is 30.7 Å². The Balaban J connectivity index is 1.84. The molecule has 0 aliphatic carbocycles. The summed E-state index contributed by atoms with van der Waals surface area (Å²) in [5.41, 5.74) is 3.24. The van der Waals surface area contributed by atoms with Crippen molar-refractivity contribution in [2.24, 2.45) is 0 Å². The molecule has 0 bridgehead atoms. The number of carbonyl (C=O) groups is 4. The number of nitrogens with one attached hydrogen (secondary N) is 2. The summed E-state index contributed by atoms with van der Waals surface area (Å²) in [5.74, 6) is -2.15. The lowest BCUT2D eigenvalue weighted by molar-refractivity contribution is -0.138. The summed E-state index contributed by atoms with van der Waals surface area (Å²) in [6.45, 7) is 1.97. The average molecular weight is 444 g/mol. The molecule has 0 aliphatic rings. The van der Waals surface area contributed by atoms with Crippen LogP contribution in [0.5, 0.6) is 0 Å². The topological polar surface area (TPSA) is 113 Å². The zero-order chi connectivity index (χ0) is 23.8. The van der Waals surface area contributed by atoms with Gasteiger partial charge in [0.1, 0.15) is 0 Å². The Kier molecular flexibility index (Phi) is 7.70. The Morgan fingerprint density at radius 3 is 2.15 bits per heavy atom. The fourth-order valence-corrected chi connectivity index (χ4v) is 3.19. The molecule has 0 heterocycles. The standard InChI is InChI=1S/C26H24N2O5/c1-17-7-9-18(10-8-17)15-24(30)28-22-12-11-20(27-23(29)13-14-25(31)32)16-21(22)26(33)19-5-3-2-4-6-19/h2-12,16H,13-15H2,1H3,(H,27,29)(H,28,30)(H,31,32). The molecule has 3 N–H and O–H groups in total. The molecule has 3 aromatic rings. The maximum Gasteiger partial charge on any atom is 0.303 e. The van der Waals surface area contributed by atoms with E-state index in [-0.39, 0.29) is 36.5 Å². The third-order valence-electron chi connectivity index (χ3n) is 4.91. The molecule has 3 rings (SSSR count). The molecular weight excluding hydrogens is 420 g/mol. The van der Waals surface area contributed by atoms with Crippen LogP contribution in [0.25, 0.3) is 0 Å². The Morgan fingerprint density at radius 1 is 0.788 bits per heavy atom. The first kappa shape index (κ1) is 23.4. The zero-order valence-electron chi connectivity index (χ0n) is 18.1. The van der Waals surface area contributed by atoms with Gasteiger partial charge in [-0.3, -0.25) is 19.2 Å². The first-order valence-corrected chi connectivity index (χ1v) is 10.4. The summed E-state index contributed by atoms with van der Waals surface area (Å²) < 4.78 is 0. The summed E-state index contributed by atoms with van der Waals surface area (Å²) >= 11 is 0. The van der Waals surface area contributed by atoms with Crippen molar-refractivity contribution in [1.29, 1.82) is 0 Å². The first-order valence-electron chi connectivity index (χ1n) is 10.4. The number of benzene rings is 3. The fraction of sp³-hybridized carbons (Fsp3) is 0.154. The Morgan fingerprint density at radius 2 is 1.48 bits per heavy atom. The largest absolute Gasteiger partial charge is 0.481 e. The van der Waals surface area contributed by atoms with E-state index in [0.29, 0.717) is 16.9 Å². The number of hydrogen-bond donors (Lipinski definition) is 3. The minimum atomic E-state index is -1.07. The van der Waals surface area contributed by atoms with Gasteiger partial charge in [0.25, 0.3) is 0 Å². The average Bonchev–Trinajstić information content (AvgIpc) is 2.80. The zero-order valence-corrected chi connectivity index (χ0v) is 18.1. The quantitative estimate of drug-likeness (QED) is 0.428. The second-order valence-corrected chi connectivity index (χ2v) is 7.61. The summed E-state index contributed by atoms with van der Waals surface area (Å²) in [5, 5.41) is 14.1. The molecule has 7 nitrogen and oxygen atoms in total. The highest BCUT2D eigenvalue weighted by Crippen LogP contribution is 2.24. The van der Waals surface area contributed by atoms with E-state index < -0.39 is 11.9 Å². The van der Waals surface area contributed by atoms with E-state index in [4.69, 9.17) is 5.11 Å². The first-order chi connectivity index (χ1) is 15.8. The number of carboxylic acids is 1. The van der Waals surface area contributed by atoms with E-state index in [0.717, 1.165) is 11.1 Å². The van der Waals surface area contributed by atoms with Crippen LogP contribution in [0.15, 0.2) is 72.8 Å². The van der Waals surface area contributed by atoms with Crippen LogP contribution in [0, 0.1) is 6.92 Å². The van der Waals surface area contributed by atoms with E-state index in [1.807, 2.05) is 31.2 Å². The van der Waals surface area contributed by atoms with Gasteiger partial charge in [0.05, 0.1) is 18.5 Å². The lowest BCUT2D eigenvalue weighted by Gasteiger charge is -2.13. The van der Waals surface area contributed by atoms with Crippen LogP contribution in [0.3, 0.4) is 0 Å². The molecule has 0 aliphatic heterocycles. The van der Waals surface area contributed by atoms with Crippen molar-refractivity contribution in [2.75, 3.05) is 10.6 Å². The molecule has 0 aromatic heterocycles. The molecule has 0 spiro atoms. The molecule has 2 amide bonds. The van der Waals surface area contributed by atoms with Crippen molar-refractivity contribution < 1.29 is 24.3 Å². The van der Waals surface area contributed by atoms with Crippen molar-refractivity contribution in [3.63, 3.8) is 0 Å². The van der Waals surface area contributed by atoms with Gasteiger partial charge in [-0.15, -0.1) is 0 Å². The molecule has 168 valence electrons. The van der Waals surface area contributed by atoms with Crippen LogP contribution < -0.4 is 10.6 Å². The number of aliphatic carboxylic acids is 1. The predicted molar refractivity (Wildman–Crippen MR) is 125 cm³/mol. The monoisotopic (exact) mass is 444 g/mol. The van der Waals surface area contributed by atoms with Crippen LogP contribution in [-0.2, 0) is 20.8 Å². The fourth-order valence-electron chi connectivity index (χ4n) is 3.19. The van der Waals surface area contributed by atoms with Gasteiger partial charge in [0, 0.05) is 23.2 Å².